The molecular weight excluding hydrogens is 522 g/mol. The molecule has 2 aromatic rings. The second-order valence-corrected chi connectivity index (χ2v) is 11.1. The zero-order chi connectivity index (χ0) is 29.2. The summed E-state index contributed by atoms with van der Waals surface area (Å²) in [6.07, 6.45) is 7.19. The average molecular weight is 568 g/mol. The van der Waals surface area contributed by atoms with Gasteiger partial charge in [-0.3, -0.25) is 4.79 Å². The average Bonchev–Trinajstić information content (AvgIpc) is 3.01. The van der Waals surface area contributed by atoms with E-state index >= 15 is 0 Å². The smallest absolute Gasteiger partial charge is 0.329 e. The summed E-state index contributed by atoms with van der Waals surface area (Å²) in [6.45, 7) is 3.11. The van der Waals surface area contributed by atoms with Gasteiger partial charge in [-0.25, -0.2) is 4.79 Å². The van der Waals surface area contributed by atoms with Gasteiger partial charge in [-0.15, -0.1) is 0 Å². The predicted molar refractivity (Wildman–Crippen MR) is 156 cm³/mol. The largest absolute Gasteiger partial charge is 0.493 e. The number of likely N-dealkylation sites (tertiary alicyclic amines) is 1. The van der Waals surface area contributed by atoms with Crippen molar-refractivity contribution in [1.29, 1.82) is 0 Å². The van der Waals surface area contributed by atoms with E-state index in [4.69, 9.17) is 23.7 Å². The molecule has 0 unspecified atom stereocenters. The van der Waals surface area contributed by atoms with Crippen molar-refractivity contribution in [3.8, 4) is 17.2 Å². The van der Waals surface area contributed by atoms with Gasteiger partial charge < -0.3 is 28.6 Å². The van der Waals surface area contributed by atoms with Crippen LogP contribution in [0.1, 0.15) is 75.3 Å². The summed E-state index contributed by atoms with van der Waals surface area (Å²) in [5.41, 5.74) is 1.90. The number of esters is 1. The number of rotatable bonds is 12. The maximum Gasteiger partial charge on any atom is 0.329 e. The molecule has 8 nitrogen and oxygen atoms in total. The normalized spacial score (nSPS) is 19.2. The molecule has 3 atom stereocenters. The van der Waals surface area contributed by atoms with E-state index in [0.717, 1.165) is 49.7 Å². The SMILES string of the molecule is COc1cc([C@@H](C(=O)N2CCCC[C@@H]2C(=O)O[C@H](C)COCc2ccccc2)C2CCCCC2)cc(OC)c1OC. The van der Waals surface area contributed by atoms with Gasteiger partial charge in [0.15, 0.2) is 11.5 Å². The van der Waals surface area contributed by atoms with Crippen molar-refractivity contribution in [2.45, 2.75) is 83.0 Å². The summed E-state index contributed by atoms with van der Waals surface area (Å²) in [5, 5.41) is 0. The molecule has 1 amide bonds. The van der Waals surface area contributed by atoms with Crippen LogP contribution in [0.5, 0.6) is 17.2 Å². The highest BCUT2D eigenvalue weighted by molar-refractivity contribution is 5.89. The number of hydrogen-bond donors (Lipinski definition) is 0. The van der Waals surface area contributed by atoms with Crippen LogP contribution in [0, 0.1) is 5.92 Å². The molecule has 1 saturated heterocycles. The monoisotopic (exact) mass is 567 g/mol. The number of benzene rings is 2. The van der Waals surface area contributed by atoms with Crippen molar-refractivity contribution in [3.05, 3.63) is 53.6 Å². The van der Waals surface area contributed by atoms with Gasteiger partial charge in [0.1, 0.15) is 12.1 Å². The van der Waals surface area contributed by atoms with Crippen molar-refractivity contribution in [3.63, 3.8) is 0 Å². The van der Waals surface area contributed by atoms with Crippen LogP contribution in [-0.4, -0.2) is 63.4 Å². The number of methoxy groups -OCH3 is 3. The Kier molecular flexibility index (Phi) is 11.3. The van der Waals surface area contributed by atoms with Crippen molar-refractivity contribution in [2.75, 3.05) is 34.5 Å². The van der Waals surface area contributed by atoms with Crippen LogP contribution in [0.25, 0.3) is 0 Å². The van der Waals surface area contributed by atoms with Crippen LogP contribution in [0.2, 0.25) is 0 Å². The van der Waals surface area contributed by atoms with E-state index in [1.54, 1.807) is 26.2 Å². The van der Waals surface area contributed by atoms with E-state index in [2.05, 4.69) is 0 Å². The summed E-state index contributed by atoms with van der Waals surface area (Å²) in [7, 11) is 4.74. The van der Waals surface area contributed by atoms with E-state index in [0.29, 0.717) is 36.8 Å². The van der Waals surface area contributed by atoms with Gasteiger partial charge in [-0.1, -0.05) is 49.6 Å². The van der Waals surface area contributed by atoms with Crippen LogP contribution in [-0.2, 0) is 25.7 Å². The van der Waals surface area contributed by atoms with Crippen LogP contribution >= 0.6 is 0 Å². The van der Waals surface area contributed by atoms with E-state index in [-0.39, 0.29) is 24.4 Å². The molecule has 224 valence electrons. The van der Waals surface area contributed by atoms with Crippen molar-refractivity contribution < 1.29 is 33.3 Å². The Morgan fingerprint density at radius 2 is 1.54 bits per heavy atom. The molecule has 2 aliphatic rings. The molecule has 8 heteroatoms. The predicted octanol–water partition coefficient (Wildman–Crippen LogP) is 5.91. The fourth-order valence-electron chi connectivity index (χ4n) is 6.21. The second kappa shape index (κ2) is 15.1. The molecule has 0 bridgehead atoms. The van der Waals surface area contributed by atoms with Crippen molar-refractivity contribution in [1.82, 2.24) is 4.90 Å². The van der Waals surface area contributed by atoms with Gasteiger partial charge in [-0.05, 0) is 68.2 Å². The number of ether oxygens (including phenoxy) is 5. The van der Waals surface area contributed by atoms with Crippen LogP contribution in [0.15, 0.2) is 42.5 Å². The molecule has 4 rings (SSSR count). The zero-order valence-electron chi connectivity index (χ0n) is 24.9. The second-order valence-electron chi connectivity index (χ2n) is 11.1. The Bertz CT molecular complexity index is 1110. The highest BCUT2D eigenvalue weighted by atomic mass is 16.6. The number of nitrogens with zero attached hydrogens (tertiary/aromatic N) is 1. The molecule has 0 N–H and O–H groups in total. The molecule has 0 radical (unpaired) electrons. The summed E-state index contributed by atoms with van der Waals surface area (Å²) in [6, 6.07) is 13.1. The molecule has 0 aromatic heterocycles. The van der Waals surface area contributed by atoms with Crippen LogP contribution < -0.4 is 14.2 Å². The van der Waals surface area contributed by atoms with Gasteiger partial charge in [0, 0.05) is 6.54 Å². The summed E-state index contributed by atoms with van der Waals surface area (Å²) in [4.78, 5) is 29.7. The minimum absolute atomic E-state index is 0.0270. The van der Waals surface area contributed by atoms with Gasteiger partial charge in [-0.2, -0.15) is 0 Å². The number of carbonyl (C=O) groups excluding carboxylic acids is 2. The van der Waals surface area contributed by atoms with Crippen LogP contribution in [0.4, 0.5) is 0 Å². The third-order valence-electron chi connectivity index (χ3n) is 8.27. The highest BCUT2D eigenvalue weighted by Crippen LogP contribution is 2.45. The highest BCUT2D eigenvalue weighted by Gasteiger charge is 2.41. The Balaban J connectivity index is 1.52. The zero-order valence-corrected chi connectivity index (χ0v) is 24.9. The molecule has 2 fully saturated rings. The molecule has 1 aliphatic heterocycles. The first-order chi connectivity index (χ1) is 20.0. The van der Waals surface area contributed by atoms with Gasteiger partial charge in [0.05, 0.1) is 40.5 Å². The van der Waals surface area contributed by atoms with Crippen molar-refractivity contribution in [2.24, 2.45) is 5.92 Å². The summed E-state index contributed by atoms with van der Waals surface area (Å²) < 4.78 is 28.4. The quantitative estimate of drug-likeness (QED) is 0.295. The maximum absolute atomic E-state index is 14.5. The fraction of sp³-hybridized carbons (Fsp3) is 0.576. The maximum atomic E-state index is 14.5. The minimum atomic E-state index is -0.610. The first kappa shape index (κ1) is 30.7. The van der Waals surface area contributed by atoms with Gasteiger partial charge >= 0.3 is 5.97 Å². The Hall–Kier alpha value is -3.26. The molecule has 1 aliphatic carbocycles. The van der Waals surface area contributed by atoms with E-state index in [9.17, 15) is 9.59 Å². The molecular formula is C33H45NO7. The van der Waals surface area contributed by atoms with Gasteiger partial charge in [0.25, 0.3) is 0 Å². The lowest BCUT2D eigenvalue weighted by atomic mass is 9.75. The molecule has 2 aromatic carbocycles. The molecule has 41 heavy (non-hydrogen) atoms. The number of amides is 1. The fourth-order valence-corrected chi connectivity index (χ4v) is 6.21. The number of piperidine rings is 1. The third kappa shape index (κ3) is 7.73. The van der Waals surface area contributed by atoms with E-state index < -0.39 is 18.1 Å². The third-order valence-corrected chi connectivity index (χ3v) is 8.27. The first-order valence-electron chi connectivity index (χ1n) is 14.9. The van der Waals surface area contributed by atoms with E-state index in [1.165, 1.54) is 6.42 Å². The molecule has 1 heterocycles. The molecule has 1 saturated carbocycles. The number of carbonyl (C=O) groups is 2. The first-order valence-corrected chi connectivity index (χ1v) is 14.9. The standard InChI is InChI=1S/C33H45NO7/c1-23(21-40-22-24-13-7-5-8-14-24)41-33(36)27-17-11-12-18-34(27)32(35)30(25-15-9-6-10-16-25)26-19-28(37-2)31(39-4)29(20-26)38-3/h5,7-8,13-14,19-20,23,25,27,30H,6,9-12,15-18,21-22H2,1-4H3/t23-,27-,30+/m1/s1. The Labute approximate surface area is 244 Å². The lowest BCUT2D eigenvalue weighted by Gasteiger charge is -2.39. The summed E-state index contributed by atoms with van der Waals surface area (Å²) >= 11 is 0. The van der Waals surface area contributed by atoms with Crippen molar-refractivity contribution >= 4 is 11.9 Å². The van der Waals surface area contributed by atoms with Gasteiger partial charge in [0.2, 0.25) is 11.7 Å². The van der Waals surface area contributed by atoms with E-state index in [1.807, 2.05) is 49.4 Å². The lowest BCUT2D eigenvalue weighted by molar-refractivity contribution is -0.164. The lowest BCUT2D eigenvalue weighted by Crippen LogP contribution is -2.51. The Morgan fingerprint density at radius 1 is 0.878 bits per heavy atom. The minimum Gasteiger partial charge on any atom is -0.493 e. The summed E-state index contributed by atoms with van der Waals surface area (Å²) in [5.74, 6) is 0.911. The van der Waals surface area contributed by atoms with Crippen LogP contribution in [0.3, 0.4) is 0 Å². The number of hydrogen-bond acceptors (Lipinski definition) is 7. The molecule has 0 spiro atoms. The Morgan fingerprint density at radius 3 is 2.17 bits per heavy atom. The topological polar surface area (TPSA) is 83.5 Å².